The summed E-state index contributed by atoms with van der Waals surface area (Å²) < 4.78 is 5.73. The van der Waals surface area contributed by atoms with E-state index in [2.05, 4.69) is 27.1 Å². The third-order valence-electron chi connectivity index (χ3n) is 5.00. The van der Waals surface area contributed by atoms with E-state index < -0.39 is 0 Å². The molecule has 0 saturated carbocycles. The van der Waals surface area contributed by atoms with Gasteiger partial charge in [0.2, 0.25) is 0 Å². The first-order chi connectivity index (χ1) is 14.2. The van der Waals surface area contributed by atoms with Crippen molar-refractivity contribution in [3.8, 4) is 5.75 Å². The van der Waals surface area contributed by atoms with Crippen molar-refractivity contribution < 1.29 is 9.53 Å². The number of ether oxygens (including phenoxy) is 1. The van der Waals surface area contributed by atoms with Crippen LogP contribution in [0.2, 0.25) is 0 Å². The summed E-state index contributed by atoms with van der Waals surface area (Å²) in [6.07, 6.45) is 2.49. The maximum Gasteiger partial charge on any atom is 0.257 e. The summed E-state index contributed by atoms with van der Waals surface area (Å²) >= 11 is 3.00. The number of rotatable bonds is 7. The van der Waals surface area contributed by atoms with E-state index in [4.69, 9.17) is 4.74 Å². The second-order valence-electron chi connectivity index (χ2n) is 7.35. The molecule has 29 heavy (non-hydrogen) atoms. The molecule has 0 radical (unpaired) electrons. The number of anilines is 1. The summed E-state index contributed by atoms with van der Waals surface area (Å²) in [7, 11) is 0. The number of carbonyl (C=O) groups is 1. The molecule has 8 heteroatoms. The number of nitrogens with one attached hydrogen (secondary N) is 1. The van der Waals surface area contributed by atoms with Crippen LogP contribution in [0.25, 0.3) is 0 Å². The SMILES string of the molecule is CC1CCN(Cc2csc(NC(=O)c3cccc(OCc4cscn4)c3)n2)CC1. The topological polar surface area (TPSA) is 67.4 Å². The Morgan fingerprint density at radius 1 is 1.28 bits per heavy atom. The van der Waals surface area contributed by atoms with Crippen molar-refractivity contribution >= 4 is 33.7 Å². The van der Waals surface area contributed by atoms with Gasteiger partial charge in [-0.1, -0.05) is 13.0 Å². The lowest BCUT2D eigenvalue weighted by atomic mass is 9.99. The van der Waals surface area contributed by atoms with Crippen LogP contribution in [0.1, 0.15) is 41.5 Å². The number of piperidine rings is 1. The lowest BCUT2D eigenvalue weighted by molar-refractivity contribution is 0.102. The third kappa shape index (κ3) is 5.62. The predicted octanol–water partition coefficient (Wildman–Crippen LogP) is 4.66. The van der Waals surface area contributed by atoms with Crippen LogP contribution in [0.5, 0.6) is 5.75 Å². The van der Waals surface area contributed by atoms with Gasteiger partial charge >= 0.3 is 0 Å². The van der Waals surface area contributed by atoms with Crippen molar-refractivity contribution in [2.24, 2.45) is 5.92 Å². The number of hydrogen-bond acceptors (Lipinski definition) is 7. The van der Waals surface area contributed by atoms with Crippen molar-refractivity contribution in [2.75, 3.05) is 18.4 Å². The van der Waals surface area contributed by atoms with Crippen LogP contribution in [0.4, 0.5) is 5.13 Å². The molecule has 4 rings (SSSR count). The van der Waals surface area contributed by atoms with E-state index >= 15 is 0 Å². The molecule has 0 unspecified atom stereocenters. The highest BCUT2D eigenvalue weighted by molar-refractivity contribution is 7.14. The minimum Gasteiger partial charge on any atom is -0.487 e. The summed E-state index contributed by atoms with van der Waals surface area (Å²) in [6, 6.07) is 7.17. The van der Waals surface area contributed by atoms with Gasteiger partial charge in [-0.25, -0.2) is 9.97 Å². The molecule has 1 amide bonds. The average molecular weight is 429 g/mol. The van der Waals surface area contributed by atoms with E-state index in [0.717, 1.165) is 36.9 Å². The van der Waals surface area contributed by atoms with Crippen molar-refractivity contribution in [3.63, 3.8) is 0 Å². The molecule has 1 aliphatic rings. The zero-order chi connectivity index (χ0) is 20.1. The molecule has 3 aromatic rings. The van der Waals surface area contributed by atoms with Gasteiger partial charge in [0, 0.05) is 22.9 Å². The Balaban J connectivity index is 1.32. The minimum atomic E-state index is -0.184. The summed E-state index contributed by atoms with van der Waals surface area (Å²) in [5, 5.41) is 7.51. The molecule has 1 aromatic carbocycles. The van der Waals surface area contributed by atoms with Gasteiger partial charge < -0.3 is 4.74 Å². The number of nitrogens with zero attached hydrogens (tertiary/aromatic N) is 3. The fraction of sp³-hybridized carbons (Fsp3) is 0.381. The summed E-state index contributed by atoms with van der Waals surface area (Å²) in [6.45, 7) is 5.79. The van der Waals surface area contributed by atoms with Gasteiger partial charge in [0.1, 0.15) is 12.4 Å². The summed E-state index contributed by atoms with van der Waals surface area (Å²) in [4.78, 5) is 23.8. The van der Waals surface area contributed by atoms with Gasteiger partial charge in [-0.2, -0.15) is 0 Å². The molecule has 0 bridgehead atoms. The normalized spacial score (nSPS) is 15.3. The molecule has 152 valence electrons. The molecule has 0 atom stereocenters. The van der Waals surface area contributed by atoms with E-state index in [1.165, 1.54) is 35.5 Å². The first-order valence-electron chi connectivity index (χ1n) is 9.74. The molecule has 0 aliphatic carbocycles. The van der Waals surface area contributed by atoms with Crippen LogP contribution >= 0.6 is 22.7 Å². The molecule has 3 heterocycles. The zero-order valence-corrected chi connectivity index (χ0v) is 18.0. The Labute approximate surface area is 178 Å². The second kappa shape index (κ2) is 9.47. The van der Waals surface area contributed by atoms with E-state index in [-0.39, 0.29) is 5.91 Å². The molecular formula is C21H24N4O2S2. The van der Waals surface area contributed by atoms with Crippen molar-refractivity contribution in [1.82, 2.24) is 14.9 Å². The Hall–Kier alpha value is -2.29. The molecule has 2 aromatic heterocycles. The number of hydrogen-bond donors (Lipinski definition) is 1. The smallest absolute Gasteiger partial charge is 0.257 e. The number of carbonyl (C=O) groups excluding carboxylic acids is 1. The van der Waals surface area contributed by atoms with Crippen LogP contribution in [0, 0.1) is 5.92 Å². The Bertz CT molecular complexity index is 934. The molecule has 6 nitrogen and oxygen atoms in total. The number of likely N-dealkylation sites (tertiary alicyclic amines) is 1. The maximum absolute atomic E-state index is 12.6. The largest absolute Gasteiger partial charge is 0.487 e. The van der Waals surface area contributed by atoms with Crippen molar-refractivity contribution in [3.05, 3.63) is 57.5 Å². The average Bonchev–Trinajstić information content (AvgIpc) is 3.40. The third-order valence-corrected chi connectivity index (χ3v) is 6.44. The fourth-order valence-corrected chi connectivity index (χ4v) is 4.49. The quantitative estimate of drug-likeness (QED) is 0.593. The van der Waals surface area contributed by atoms with Crippen LogP contribution in [-0.4, -0.2) is 33.9 Å². The Morgan fingerprint density at radius 3 is 2.93 bits per heavy atom. The molecule has 1 fully saturated rings. The van der Waals surface area contributed by atoms with Gasteiger partial charge in [-0.3, -0.25) is 15.0 Å². The highest BCUT2D eigenvalue weighted by Crippen LogP contribution is 2.22. The van der Waals surface area contributed by atoms with E-state index in [0.29, 0.717) is 23.1 Å². The molecule has 1 saturated heterocycles. The lowest BCUT2D eigenvalue weighted by Crippen LogP contribution is -2.32. The van der Waals surface area contributed by atoms with E-state index in [9.17, 15) is 4.79 Å². The fourth-order valence-electron chi connectivity index (χ4n) is 3.25. The molecular weight excluding hydrogens is 404 g/mol. The van der Waals surface area contributed by atoms with Gasteiger partial charge in [-0.05, 0) is 50.0 Å². The first kappa shape index (κ1) is 20.0. The number of amides is 1. The van der Waals surface area contributed by atoms with E-state index in [1.807, 2.05) is 22.9 Å². The van der Waals surface area contributed by atoms with Gasteiger partial charge in [0.15, 0.2) is 5.13 Å². The minimum absolute atomic E-state index is 0.184. The number of aromatic nitrogens is 2. The van der Waals surface area contributed by atoms with Gasteiger partial charge in [-0.15, -0.1) is 22.7 Å². The maximum atomic E-state index is 12.6. The standard InChI is InChI=1S/C21H24N4O2S2/c1-15-5-7-25(8-6-15)10-17-13-29-21(23-17)24-20(26)16-3-2-4-19(9-16)27-11-18-12-28-14-22-18/h2-4,9,12-15H,5-8,10-11H2,1H3,(H,23,24,26). The zero-order valence-electron chi connectivity index (χ0n) is 16.3. The molecule has 0 spiro atoms. The van der Waals surface area contributed by atoms with Gasteiger partial charge in [0.05, 0.1) is 16.9 Å². The first-order valence-corrected chi connectivity index (χ1v) is 11.6. The highest BCUT2D eigenvalue weighted by Gasteiger charge is 2.17. The summed E-state index contributed by atoms with van der Waals surface area (Å²) in [5.74, 6) is 1.28. The van der Waals surface area contributed by atoms with Crippen LogP contribution in [0.15, 0.2) is 40.5 Å². The van der Waals surface area contributed by atoms with Crippen LogP contribution < -0.4 is 10.1 Å². The van der Waals surface area contributed by atoms with Crippen molar-refractivity contribution in [1.29, 1.82) is 0 Å². The van der Waals surface area contributed by atoms with Crippen molar-refractivity contribution in [2.45, 2.75) is 32.9 Å². The number of thiazole rings is 2. The summed E-state index contributed by atoms with van der Waals surface area (Å²) in [5.41, 5.74) is 4.21. The second-order valence-corrected chi connectivity index (χ2v) is 8.93. The predicted molar refractivity (Wildman–Crippen MR) is 117 cm³/mol. The van der Waals surface area contributed by atoms with Gasteiger partial charge in [0.25, 0.3) is 5.91 Å². The molecule has 1 aliphatic heterocycles. The van der Waals surface area contributed by atoms with E-state index in [1.54, 1.807) is 17.6 Å². The lowest BCUT2D eigenvalue weighted by Gasteiger charge is -2.29. The Morgan fingerprint density at radius 2 is 2.14 bits per heavy atom. The van der Waals surface area contributed by atoms with Crippen LogP contribution in [-0.2, 0) is 13.2 Å². The van der Waals surface area contributed by atoms with Crippen LogP contribution in [0.3, 0.4) is 0 Å². The Kier molecular flexibility index (Phi) is 6.53. The monoisotopic (exact) mass is 428 g/mol. The molecule has 1 N–H and O–H groups in total. The highest BCUT2D eigenvalue weighted by atomic mass is 32.1. The number of benzene rings is 1.